The third kappa shape index (κ3) is 4.52. The minimum Gasteiger partial charge on any atom is -0.476 e. The molecule has 0 bridgehead atoms. The van der Waals surface area contributed by atoms with E-state index in [9.17, 15) is 4.79 Å². The van der Waals surface area contributed by atoms with Gasteiger partial charge in [0.2, 0.25) is 0 Å². The standard InChI is InChI=1S/C15H17ClN2O2S/c1-10(7-11-3-5-12(16)6-4-11)18(2)8-14-17-13(9-21-14)15(19)20/h3-6,9-10H,7-8H2,1-2H3,(H,19,20). The molecular formula is C15H17ClN2O2S. The molecule has 4 nitrogen and oxygen atoms in total. The first-order valence-electron chi connectivity index (χ1n) is 6.58. The normalized spacial score (nSPS) is 12.6. The van der Waals surface area contributed by atoms with Crippen LogP contribution in [0, 0.1) is 0 Å². The maximum Gasteiger partial charge on any atom is 0.355 e. The topological polar surface area (TPSA) is 53.4 Å². The van der Waals surface area contributed by atoms with Gasteiger partial charge in [0, 0.05) is 16.4 Å². The average Bonchev–Trinajstić information content (AvgIpc) is 2.90. The van der Waals surface area contributed by atoms with E-state index in [4.69, 9.17) is 16.7 Å². The Balaban J connectivity index is 1.93. The monoisotopic (exact) mass is 324 g/mol. The molecule has 1 unspecified atom stereocenters. The zero-order chi connectivity index (χ0) is 15.4. The molecule has 1 N–H and O–H groups in total. The van der Waals surface area contributed by atoms with Crippen LogP contribution in [0.4, 0.5) is 0 Å². The van der Waals surface area contributed by atoms with Crippen LogP contribution in [-0.4, -0.2) is 34.0 Å². The maximum absolute atomic E-state index is 10.8. The molecule has 21 heavy (non-hydrogen) atoms. The number of nitrogens with zero attached hydrogens (tertiary/aromatic N) is 2. The van der Waals surface area contributed by atoms with Gasteiger partial charge < -0.3 is 5.11 Å². The molecular weight excluding hydrogens is 308 g/mol. The smallest absolute Gasteiger partial charge is 0.355 e. The van der Waals surface area contributed by atoms with Gasteiger partial charge in [-0.1, -0.05) is 23.7 Å². The van der Waals surface area contributed by atoms with Crippen molar-refractivity contribution >= 4 is 28.9 Å². The molecule has 0 saturated carbocycles. The number of likely N-dealkylation sites (N-methyl/N-ethyl adjacent to an activating group) is 1. The fourth-order valence-electron chi connectivity index (χ4n) is 1.97. The number of hydrogen-bond donors (Lipinski definition) is 1. The van der Waals surface area contributed by atoms with Gasteiger partial charge in [-0.2, -0.15) is 0 Å². The van der Waals surface area contributed by atoms with Crippen LogP contribution in [0.2, 0.25) is 5.02 Å². The van der Waals surface area contributed by atoms with E-state index in [1.54, 1.807) is 5.38 Å². The van der Waals surface area contributed by atoms with Gasteiger partial charge in [0.15, 0.2) is 5.69 Å². The van der Waals surface area contributed by atoms with E-state index in [1.165, 1.54) is 16.9 Å². The summed E-state index contributed by atoms with van der Waals surface area (Å²) in [5, 5.41) is 12.0. The van der Waals surface area contributed by atoms with Crippen LogP contribution in [0.15, 0.2) is 29.6 Å². The highest BCUT2D eigenvalue weighted by molar-refractivity contribution is 7.09. The Bertz CT molecular complexity index is 612. The lowest BCUT2D eigenvalue weighted by molar-refractivity contribution is 0.0691. The Morgan fingerprint density at radius 2 is 2.10 bits per heavy atom. The molecule has 0 aliphatic rings. The van der Waals surface area contributed by atoms with Crippen molar-refractivity contribution in [2.75, 3.05) is 7.05 Å². The highest BCUT2D eigenvalue weighted by Crippen LogP contribution is 2.16. The number of thiazole rings is 1. The summed E-state index contributed by atoms with van der Waals surface area (Å²) in [7, 11) is 2.02. The van der Waals surface area contributed by atoms with Crippen molar-refractivity contribution in [2.24, 2.45) is 0 Å². The quantitative estimate of drug-likeness (QED) is 0.882. The minimum absolute atomic E-state index is 0.119. The van der Waals surface area contributed by atoms with Gasteiger partial charge in [-0.3, -0.25) is 4.90 Å². The number of benzene rings is 1. The van der Waals surface area contributed by atoms with E-state index in [0.717, 1.165) is 16.5 Å². The van der Waals surface area contributed by atoms with Crippen molar-refractivity contribution in [2.45, 2.75) is 25.9 Å². The molecule has 0 aliphatic carbocycles. The van der Waals surface area contributed by atoms with Crippen molar-refractivity contribution < 1.29 is 9.90 Å². The Morgan fingerprint density at radius 1 is 1.43 bits per heavy atom. The van der Waals surface area contributed by atoms with Gasteiger partial charge in [-0.25, -0.2) is 9.78 Å². The number of aromatic nitrogens is 1. The van der Waals surface area contributed by atoms with Crippen LogP contribution < -0.4 is 0 Å². The zero-order valence-electron chi connectivity index (χ0n) is 11.9. The van der Waals surface area contributed by atoms with Crippen LogP contribution >= 0.6 is 22.9 Å². The first kappa shape index (κ1) is 15.9. The first-order chi connectivity index (χ1) is 9.95. The molecule has 1 aromatic heterocycles. The van der Waals surface area contributed by atoms with Crippen molar-refractivity contribution in [3.63, 3.8) is 0 Å². The lowest BCUT2D eigenvalue weighted by Gasteiger charge is -2.23. The third-order valence-electron chi connectivity index (χ3n) is 3.35. The van der Waals surface area contributed by atoms with Crippen molar-refractivity contribution in [3.05, 3.63) is 50.9 Å². The van der Waals surface area contributed by atoms with E-state index >= 15 is 0 Å². The Morgan fingerprint density at radius 3 is 2.67 bits per heavy atom. The van der Waals surface area contributed by atoms with E-state index < -0.39 is 5.97 Å². The summed E-state index contributed by atoms with van der Waals surface area (Å²) in [6.45, 7) is 2.78. The second-order valence-corrected chi connectivity index (χ2v) is 6.41. The van der Waals surface area contributed by atoms with Crippen LogP contribution in [0.5, 0.6) is 0 Å². The summed E-state index contributed by atoms with van der Waals surface area (Å²) in [6.07, 6.45) is 0.908. The molecule has 1 atom stereocenters. The van der Waals surface area contributed by atoms with Gasteiger partial charge in [0.05, 0.1) is 6.54 Å². The summed E-state index contributed by atoms with van der Waals surface area (Å²) in [5.41, 5.74) is 1.35. The van der Waals surface area contributed by atoms with E-state index in [-0.39, 0.29) is 5.69 Å². The molecule has 2 aromatic rings. The lowest BCUT2D eigenvalue weighted by Crippen LogP contribution is -2.30. The predicted molar refractivity (Wildman–Crippen MR) is 85.2 cm³/mol. The Hall–Kier alpha value is -1.43. The number of carbonyl (C=O) groups is 1. The second kappa shape index (κ2) is 7.02. The molecule has 1 heterocycles. The number of rotatable bonds is 6. The van der Waals surface area contributed by atoms with E-state index in [1.807, 2.05) is 31.3 Å². The van der Waals surface area contributed by atoms with Crippen LogP contribution in [0.1, 0.15) is 28.0 Å². The van der Waals surface area contributed by atoms with Gasteiger partial charge in [0.25, 0.3) is 0 Å². The predicted octanol–water partition coefficient (Wildman–Crippen LogP) is 3.56. The SMILES string of the molecule is CC(Cc1ccc(Cl)cc1)N(C)Cc1nc(C(=O)O)cs1. The number of halogens is 1. The van der Waals surface area contributed by atoms with Gasteiger partial charge in [0.1, 0.15) is 5.01 Å². The van der Waals surface area contributed by atoms with Gasteiger partial charge in [-0.05, 0) is 38.1 Å². The van der Waals surface area contributed by atoms with Crippen LogP contribution in [0.3, 0.4) is 0 Å². The van der Waals surface area contributed by atoms with Crippen molar-refractivity contribution in [1.82, 2.24) is 9.88 Å². The summed E-state index contributed by atoms with van der Waals surface area (Å²) in [5.74, 6) is -0.977. The number of aromatic carboxylic acids is 1. The largest absolute Gasteiger partial charge is 0.476 e. The highest BCUT2D eigenvalue weighted by atomic mass is 35.5. The summed E-state index contributed by atoms with van der Waals surface area (Å²) >= 11 is 7.26. The Labute approximate surface area is 133 Å². The van der Waals surface area contributed by atoms with E-state index in [0.29, 0.717) is 12.6 Å². The maximum atomic E-state index is 10.8. The molecule has 0 saturated heterocycles. The Kier molecular flexibility index (Phi) is 5.33. The summed E-state index contributed by atoms with van der Waals surface area (Å²) in [6, 6.07) is 8.16. The first-order valence-corrected chi connectivity index (χ1v) is 7.84. The number of carboxylic acids is 1. The summed E-state index contributed by atoms with van der Waals surface area (Å²) < 4.78 is 0. The molecule has 0 fully saturated rings. The molecule has 0 aliphatic heterocycles. The molecule has 0 spiro atoms. The molecule has 0 radical (unpaired) electrons. The molecule has 6 heteroatoms. The highest BCUT2D eigenvalue weighted by Gasteiger charge is 2.14. The molecule has 0 amide bonds. The van der Waals surface area contributed by atoms with Crippen molar-refractivity contribution in [3.8, 4) is 0 Å². The third-order valence-corrected chi connectivity index (χ3v) is 4.44. The zero-order valence-corrected chi connectivity index (χ0v) is 13.5. The van der Waals surface area contributed by atoms with Crippen LogP contribution in [-0.2, 0) is 13.0 Å². The average molecular weight is 325 g/mol. The number of hydrogen-bond acceptors (Lipinski definition) is 4. The fraction of sp³-hybridized carbons (Fsp3) is 0.333. The second-order valence-electron chi connectivity index (χ2n) is 5.03. The summed E-state index contributed by atoms with van der Waals surface area (Å²) in [4.78, 5) is 17.1. The van der Waals surface area contributed by atoms with Gasteiger partial charge in [-0.15, -0.1) is 11.3 Å². The van der Waals surface area contributed by atoms with Crippen LogP contribution in [0.25, 0.3) is 0 Å². The fourth-order valence-corrected chi connectivity index (χ4v) is 2.92. The van der Waals surface area contributed by atoms with Crippen molar-refractivity contribution in [1.29, 1.82) is 0 Å². The molecule has 112 valence electrons. The number of carboxylic acid groups (broad SMARTS) is 1. The van der Waals surface area contributed by atoms with Gasteiger partial charge >= 0.3 is 5.97 Å². The lowest BCUT2D eigenvalue weighted by atomic mass is 10.1. The molecule has 1 aromatic carbocycles. The molecule has 2 rings (SSSR count). The van der Waals surface area contributed by atoms with E-state index in [2.05, 4.69) is 16.8 Å². The minimum atomic E-state index is -0.977.